The van der Waals surface area contributed by atoms with Crippen LogP contribution in [0, 0.1) is 42.9 Å². The van der Waals surface area contributed by atoms with Gasteiger partial charge in [0.05, 0.1) is 11.8 Å². The maximum atomic E-state index is 13.4. The van der Waals surface area contributed by atoms with E-state index in [0.29, 0.717) is 12.0 Å². The van der Waals surface area contributed by atoms with Crippen LogP contribution in [0.15, 0.2) is 23.3 Å². The second-order valence-corrected chi connectivity index (χ2v) is 5.31. The van der Waals surface area contributed by atoms with Crippen LogP contribution in [-0.2, 0) is 4.79 Å². The lowest BCUT2D eigenvalue weighted by Crippen LogP contribution is -2.24. The molecule has 0 heterocycles. The third-order valence-electron chi connectivity index (χ3n) is 3.47. The van der Waals surface area contributed by atoms with Crippen molar-refractivity contribution in [2.75, 3.05) is 6.61 Å². The van der Waals surface area contributed by atoms with Crippen LogP contribution >= 0.6 is 0 Å². The Kier molecular flexibility index (Phi) is 5.91. The molecule has 0 unspecified atom stereocenters. The number of nitrogens with one attached hydrogen (secondary N) is 1. The fourth-order valence-corrected chi connectivity index (χ4v) is 1.89. The lowest BCUT2D eigenvalue weighted by atomic mass is 10.1. The first-order valence-electron chi connectivity index (χ1n) is 7.25. The zero-order chi connectivity index (χ0) is 19.4. The number of amides is 1. The molecular formula is C17H13F5N2O2. The highest BCUT2D eigenvalue weighted by molar-refractivity contribution is 5.83. The molecule has 0 atom stereocenters. The first-order chi connectivity index (χ1) is 12.2. The van der Waals surface area contributed by atoms with Gasteiger partial charge >= 0.3 is 0 Å². The minimum Gasteiger partial charge on any atom is -0.484 e. The molecule has 138 valence electrons. The van der Waals surface area contributed by atoms with Gasteiger partial charge in [-0.3, -0.25) is 4.79 Å². The molecule has 4 nitrogen and oxygen atoms in total. The predicted octanol–water partition coefficient (Wildman–Crippen LogP) is 3.53. The van der Waals surface area contributed by atoms with Crippen molar-refractivity contribution in [1.82, 2.24) is 5.43 Å². The molecule has 0 aliphatic carbocycles. The summed E-state index contributed by atoms with van der Waals surface area (Å²) >= 11 is 0. The number of hydrogen-bond acceptors (Lipinski definition) is 3. The van der Waals surface area contributed by atoms with Crippen LogP contribution in [0.25, 0.3) is 0 Å². The molecule has 0 radical (unpaired) electrons. The molecule has 2 rings (SSSR count). The molecule has 1 amide bonds. The van der Waals surface area contributed by atoms with Crippen molar-refractivity contribution in [2.45, 2.75) is 13.8 Å². The molecule has 2 aromatic carbocycles. The second kappa shape index (κ2) is 7.94. The maximum absolute atomic E-state index is 13.4. The van der Waals surface area contributed by atoms with Gasteiger partial charge in [-0.2, -0.15) is 5.10 Å². The molecule has 2 aromatic rings. The first kappa shape index (κ1) is 19.4. The quantitative estimate of drug-likeness (QED) is 0.287. The van der Waals surface area contributed by atoms with Gasteiger partial charge in [0.25, 0.3) is 5.91 Å². The summed E-state index contributed by atoms with van der Waals surface area (Å²) < 4.78 is 71.0. The Hall–Kier alpha value is -2.97. The summed E-state index contributed by atoms with van der Waals surface area (Å²) in [6.07, 6.45) is 0.324. The van der Waals surface area contributed by atoms with Crippen LogP contribution < -0.4 is 10.2 Å². The van der Waals surface area contributed by atoms with E-state index in [0.717, 1.165) is 11.1 Å². The van der Waals surface area contributed by atoms with Crippen LogP contribution in [0.1, 0.15) is 16.7 Å². The maximum Gasteiger partial charge on any atom is 0.277 e. The highest BCUT2D eigenvalue weighted by Gasteiger charge is 2.24. The minimum absolute atomic E-state index is 0.324. The fourth-order valence-electron chi connectivity index (χ4n) is 1.89. The molecule has 0 saturated carbocycles. The van der Waals surface area contributed by atoms with Crippen molar-refractivity contribution >= 4 is 12.1 Å². The van der Waals surface area contributed by atoms with Crippen molar-refractivity contribution < 1.29 is 31.5 Å². The summed E-state index contributed by atoms with van der Waals surface area (Å²) in [6, 6.07) is 5.15. The van der Waals surface area contributed by atoms with Gasteiger partial charge in [0, 0.05) is 0 Å². The molecule has 9 heteroatoms. The summed E-state index contributed by atoms with van der Waals surface area (Å²) in [5, 5.41) is 3.18. The summed E-state index contributed by atoms with van der Waals surface area (Å²) in [6.45, 7) is 3.30. The van der Waals surface area contributed by atoms with E-state index in [9.17, 15) is 26.7 Å². The Balaban J connectivity index is 2.00. The molecule has 0 aliphatic rings. The van der Waals surface area contributed by atoms with Gasteiger partial charge in [-0.15, -0.1) is 0 Å². The van der Waals surface area contributed by atoms with E-state index in [1.54, 1.807) is 18.2 Å². The van der Waals surface area contributed by atoms with E-state index >= 15 is 0 Å². The molecule has 26 heavy (non-hydrogen) atoms. The van der Waals surface area contributed by atoms with Crippen molar-refractivity contribution in [2.24, 2.45) is 5.10 Å². The lowest BCUT2D eigenvalue weighted by molar-refractivity contribution is -0.123. The number of benzene rings is 2. The van der Waals surface area contributed by atoms with Gasteiger partial charge in [0.1, 0.15) is 5.75 Å². The van der Waals surface area contributed by atoms with Crippen molar-refractivity contribution in [3.63, 3.8) is 0 Å². The highest BCUT2D eigenvalue weighted by atomic mass is 19.2. The number of hydrogen-bond donors (Lipinski definition) is 1. The molecule has 0 spiro atoms. The van der Waals surface area contributed by atoms with E-state index in [4.69, 9.17) is 4.74 Å². The van der Waals surface area contributed by atoms with Crippen LogP contribution in [0.3, 0.4) is 0 Å². The van der Waals surface area contributed by atoms with E-state index in [1.807, 2.05) is 19.3 Å². The SMILES string of the molecule is Cc1ccc(OCC(=O)N/N=C\c2c(F)c(F)c(F)c(F)c2F)cc1C. The van der Waals surface area contributed by atoms with Crippen molar-refractivity contribution in [1.29, 1.82) is 0 Å². The van der Waals surface area contributed by atoms with E-state index < -0.39 is 47.2 Å². The number of halogens is 5. The van der Waals surface area contributed by atoms with Crippen LogP contribution in [0.5, 0.6) is 5.75 Å². The average Bonchev–Trinajstić information content (AvgIpc) is 2.62. The smallest absolute Gasteiger partial charge is 0.277 e. The lowest BCUT2D eigenvalue weighted by Gasteiger charge is -2.07. The Morgan fingerprint density at radius 3 is 2.15 bits per heavy atom. The third kappa shape index (κ3) is 4.16. The number of carbonyl (C=O) groups excluding carboxylic acids is 1. The van der Waals surface area contributed by atoms with Crippen LogP contribution in [0.2, 0.25) is 0 Å². The highest BCUT2D eigenvalue weighted by Crippen LogP contribution is 2.21. The van der Waals surface area contributed by atoms with Crippen molar-refractivity contribution in [3.8, 4) is 5.75 Å². The molecule has 0 bridgehead atoms. The second-order valence-electron chi connectivity index (χ2n) is 5.31. The van der Waals surface area contributed by atoms with E-state index in [2.05, 4.69) is 5.10 Å². The minimum atomic E-state index is -2.28. The van der Waals surface area contributed by atoms with Crippen LogP contribution in [-0.4, -0.2) is 18.7 Å². The normalized spacial score (nSPS) is 11.0. The van der Waals surface area contributed by atoms with Crippen LogP contribution in [0.4, 0.5) is 22.0 Å². The van der Waals surface area contributed by atoms with Gasteiger partial charge in [0.15, 0.2) is 29.9 Å². The molecule has 0 fully saturated rings. The van der Waals surface area contributed by atoms with Gasteiger partial charge in [-0.25, -0.2) is 27.4 Å². The molecular weight excluding hydrogens is 359 g/mol. The van der Waals surface area contributed by atoms with Gasteiger partial charge in [-0.1, -0.05) is 6.07 Å². The number of hydrazone groups is 1. The Morgan fingerprint density at radius 2 is 1.58 bits per heavy atom. The first-order valence-corrected chi connectivity index (χ1v) is 7.25. The molecule has 1 N–H and O–H groups in total. The van der Waals surface area contributed by atoms with Crippen molar-refractivity contribution in [3.05, 3.63) is 64.0 Å². The Bertz CT molecular complexity index is 855. The topological polar surface area (TPSA) is 50.7 Å². The monoisotopic (exact) mass is 372 g/mol. The summed E-state index contributed by atoms with van der Waals surface area (Å²) in [4.78, 5) is 11.6. The standard InChI is InChI=1S/C17H13F5N2O2/c1-8-3-4-10(5-9(8)2)26-7-12(25)24-23-6-11-13(18)15(20)17(22)16(21)14(11)19/h3-6H,7H2,1-2H3,(H,24,25)/b23-6-. The summed E-state index contributed by atoms with van der Waals surface area (Å²) in [5.41, 5.74) is 2.59. The zero-order valence-corrected chi connectivity index (χ0v) is 13.7. The van der Waals surface area contributed by atoms with Gasteiger partial charge < -0.3 is 4.74 Å². The van der Waals surface area contributed by atoms with E-state index in [1.165, 1.54) is 0 Å². The van der Waals surface area contributed by atoms with Gasteiger partial charge in [-0.05, 0) is 37.1 Å². The largest absolute Gasteiger partial charge is 0.484 e. The number of aryl methyl sites for hydroxylation is 2. The number of ether oxygens (including phenoxy) is 1. The predicted molar refractivity (Wildman–Crippen MR) is 83.4 cm³/mol. The summed E-state index contributed by atoms with van der Waals surface area (Å²) in [5.74, 6) is -10.9. The number of rotatable bonds is 5. The number of carbonyl (C=O) groups is 1. The van der Waals surface area contributed by atoms with E-state index in [-0.39, 0.29) is 0 Å². The Labute approximate surface area is 145 Å². The fraction of sp³-hybridized carbons (Fsp3) is 0.176. The zero-order valence-electron chi connectivity index (χ0n) is 13.7. The number of nitrogens with zero attached hydrogens (tertiary/aromatic N) is 1. The molecule has 0 aromatic heterocycles. The molecule has 0 aliphatic heterocycles. The Morgan fingerprint density at radius 1 is 1.00 bits per heavy atom. The molecule has 0 saturated heterocycles. The summed E-state index contributed by atoms with van der Waals surface area (Å²) in [7, 11) is 0. The average molecular weight is 372 g/mol. The van der Waals surface area contributed by atoms with Gasteiger partial charge in [0.2, 0.25) is 5.82 Å². The third-order valence-corrected chi connectivity index (χ3v) is 3.47.